The molecule has 0 saturated heterocycles. The molecular formula is C10H11BrO2. The van der Waals surface area contributed by atoms with Gasteiger partial charge in [-0.25, -0.2) is 4.79 Å². The second-order valence-electron chi connectivity index (χ2n) is 2.81. The van der Waals surface area contributed by atoms with Crippen molar-refractivity contribution in [2.75, 3.05) is 0 Å². The molecule has 0 amide bonds. The molecule has 0 spiro atoms. The molecule has 1 N–H and O–H groups in total. The summed E-state index contributed by atoms with van der Waals surface area (Å²) in [4.78, 5) is 10.9. The fourth-order valence-electron chi connectivity index (χ4n) is 1.10. The Balaban J connectivity index is 2.98. The minimum atomic E-state index is -0.877. The number of hydrogen-bond donors (Lipinski definition) is 1. The van der Waals surface area contributed by atoms with Gasteiger partial charge in [0.2, 0.25) is 0 Å². The lowest BCUT2D eigenvalue weighted by Crippen LogP contribution is -1.97. The molecule has 1 rings (SSSR count). The predicted molar refractivity (Wildman–Crippen MR) is 55.4 cm³/mol. The number of alkyl halides is 1. The van der Waals surface area contributed by atoms with Crippen LogP contribution in [0.2, 0.25) is 0 Å². The zero-order valence-corrected chi connectivity index (χ0v) is 8.91. The number of halogens is 1. The Morgan fingerprint density at radius 1 is 1.62 bits per heavy atom. The molecule has 13 heavy (non-hydrogen) atoms. The number of aromatic carboxylic acids is 1. The van der Waals surface area contributed by atoms with E-state index in [1.165, 1.54) is 0 Å². The summed E-state index contributed by atoms with van der Waals surface area (Å²) in [5.41, 5.74) is 1.36. The summed E-state index contributed by atoms with van der Waals surface area (Å²) in [6.45, 7) is 2.05. The van der Waals surface area contributed by atoms with Gasteiger partial charge >= 0.3 is 5.97 Å². The van der Waals surface area contributed by atoms with Crippen molar-refractivity contribution < 1.29 is 9.90 Å². The average molecular weight is 243 g/mol. The van der Waals surface area contributed by atoms with Gasteiger partial charge in [0.15, 0.2) is 0 Å². The molecule has 3 heteroatoms. The van der Waals surface area contributed by atoms with E-state index in [9.17, 15) is 4.79 Å². The molecule has 0 radical (unpaired) electrons. The number of carboxylic acid groups (broad SMARTS) is 1. The van der Waals surface area contributed by atoms with Crippen LogP contribution in [0.25, 0.3) is 0 Å². The summed E-state index contributed by atoms with van der Waals surface area (Å²) in [6, 6.07) is 6.99. The van der Waals surface area contributed by atoms with Crippen LogP contribution in [0.3, 0.4) is 0 Å². The maximum absolute atomic E-state index is 10.6. The highest BCUT2D eigenvalue weighted by atomic mass is 79.9. The summed E-state index contributed by atoms with van der Waals surface area (Å²) in [5.74, 6) is -0.877. The second kappa shape index (κ2) is 4.42. The molecule has 0 aliphatic heterocycles. The van der Waals surface area contributed by atoms with Gasteiger partial charge in [-0.3, -0.25) is 0 Å². The van der Waals surface area contributed by atoms with Crippen molar-refractivity contribution >= 4 is 21.9 Å². The van der Waals surface area contributed by atoms with Gasteiger partial charge in [0.05, 0.1) is 5.56 Å². The van der Waals surface area contributed by atoms with Gasteiger partial charge in [-0.1, -0.05) is 35.0 Å². The molecule has 0 aliphatic rings. The average Bonchev–Trinajstić information content (AvgIpc) is 2.17. The third-order valence-electron chi connectivity index (χ3n) is 1.85. The van der Waals surface area contributed by atoms with Crippen LogP contribution < -0.4 is 0 Å². The van der Waals surface area contributed by atoms with Gasteiger partial charge in [-0.15, -0.1) is 0 Å². The second-order valence-corrected chi connectivity index (χ2v) is 3.91. The Morgan fingerprint density at radius 3 is 2.85 bits per heavy atom. The van der Waals surface area contributed by atoms with Crippen LogP contribution >= 0.6 is 15.9 Å². The molecule has 0 fully saturated rings. The Labute approximate surface area is 85.7 Å². The SMILES string of the molecule is CCC(Br)c1cccc(C(=O)O)c1. The zero-order valence-electron chi connectivity index (χ0n) is 7.33. The van der Waals surface area contributed by atoms with E-state index in [2.05, 4.69) is 15.9 Å². The van der Waals surface area contributed by atoms with E-state index in [4.69, 9.17) is 5.11 Å². The molecule has 2 nitrogen and oxygen atoms in total. The maximum atomic E-state index is 10.6. The monoisotopic (exact) mass is 242 g/mol. The molecule has 0 aliphatic carbocycles. The van der Waals surface area contributed by atoms with E-state index in [0.29, 0.717) is 5.56 Å². The normalized spacial score (nSPS) is 12.5. The third kappa shape index (κ3) is 2.56. The van der Waals surface area contributed by atoms with Crippen LogP contribution in [-0.4, -0.2) is 11.1 Å². The largest absolute Gasteiger partial charge is 0.478 e. The van der Waals surface area contributed by atoms with E-state index in [1.54, 1.807) is 18.2 Å². The van der Waals surface area contributed by atoms with Crippen LogP contribution in [0.15, 0.2) is 24.3 Å². The number of benzene rings is 1. The van der Waals surface area contributed by atoms with Crippen molar-refractivity contribution in [2.24, 2.45) is 0 Å². The standard InChI is InChI=1S/C10H11BrO2/c1-2-9(11)7-4-3-5-8(6-7)10(12)13/h3-6,9H,2H2,1H3,(H,12,13). The van der Waals surface area contributed by atoms with Gasteiger partial charge in [-0.2, -0.15) is 0 Å². The minimum Gasteiger partial charge on any atom is -0.478 e. The first-order valence-electron chi connectivity index (χ1n) is 4.12. The van der Waals surface area contributed by atoms with Crippen molar-refractivity contribution in [3.8, 4) is 0 Å². The summed E-state index contributed by atoms with van der Waals surface area (Å²) in [5, 5.41) is 8.75. The molecule has 1 unspecified atom stereocenters. The van der Waals surface area contributed by atoms with Crippen LogP contribution in [0.5, 0.6) is 0 Å². The Hall–Kier alpha value is -0.830. The summed E-state index contributed by atoms with van der Waals surface area (Å²) in [7, 11) is 0. The van der Waals surface area contributed by atoms with E-state index in [1.807, 2.05) is 13.0 Å². The van der Waals surface area contributed by atoms with Gasteiger partial charge < -0.3 is 5.11 Å². The molecular weight excluding hydrogens is 232 g/mol. The summed E-state index contributed by atoms with van der Waals surface area (Å²) < 4.78 is 0. The van der Waals surface area contributed by atoms with E-state index < -0.39 is 5.97 Å². The highest BCUT2D eigenvalue weighted by molar-refractivity contribution is 9.09. The lowest BCUT2D eigenvalue weighted by molar-refractivity contribution is 0.0697. The number of hydrogen-bond acceptors (Lipinski definition) is 1. The Kier molecular flexibility index (Phi) is 3.48. The van der Waals surface area contributed by atoms with Crippen molar-refractivity contribution in [1.82, 2.24) is 0 Å². The maximum Gasteiger partial charge on any atom is 0.335 e. The fraction of sp³-hybridized carbons (Fsp3) is 0.300. The first-order valence-corrected chi connectivity index (χ1v) is 5.04. The van der Waals surface area contributed by atoms with Gasteiger partial charge in [0, 0.05) is 4.83 Å². The van der Waals surface area contributed by atoms with E-state index >= 15 is 0 Å². The highest BCUT2D eigenvalue weighted by Gasteiger charge is 2.07. The van der Waals surface area contributed by atoms with Crippen LogP contribution in [-0.2, 0) is 0 Å². The first-order chi connectivity index (χ1) is 6.15. The van der Waals surface area contributed by atoms with Gasteiger partial charge in [0.1, 0.15) is 0 Å². The molecule has 0 aromatic heterocycles. The van der Waals surface area contributed by atoms with Crippen LogP contribution in [0, 0.1) is 0 Å². The summed E-state index contributed by atoms with van der Waals surface area (Å²) >= 11 is 3.48. The number of carboxylic acids is 1. The highest BCUT2D eigenvalue weighted by Crippen LogP contribution is 2.26. The van der Waals surface area contributed by atoms with E-state index in [-0.39, 0.29) is 4.83 Å². The molecule has 1 atom stereocenters. The van der Waals surface area contributed by atoms with Crippen molar-refractivity contribution in [3.63, 3.8) is 0 Å². The smallest absolute Gasteiger partial charge is 0.335 e. The topological polar surface area (TPSA) is 37.3 Å². The van der Waals surface area contributed by atoms with Crippen molar-refractivity contribution in [1.29, 1.82) is 0 Å². The van der Waals surface area contributed by atoms with Crippen molar-refractivity contribution in [2.45, 2.75) is 18.2 Å². The van der Waals surface area contributed by atoms with Crippen LogP contribution in [0.4, 0.5) is 0 Å². The number of rotatable bonds is 3. The molecule has 1 aromatic carbocycles. The lowest BCUT2D eigenvalue weighted by Gasteiger charge is -2.07. The molecule has 0 saturated carbocycles. The van der Waals surface area contributed by atoms with E-state index in [0.717, 1.165) is 12.0 Å². The predicted octanol–water partition coefficient (Wildman–Crippen LogP) is 3.23. The quantitative estimate of drug-likeness (QED) is 0.827. The molecule has 1 aromatic rings. The Bertz CT molecular complexity index is 310. The van der Waals surface area contributed by atoms with Crippen LogP contribution in [0.1, 0.15) is 34.1 Å². The minimum absolute atomic E-state index is 0.242. The Morgan fingerprint density at radius 2 is 2.31 bits per heavy atom. The first kappa shape index (κ1) is 10.3. The fourth-order valence-corrected chi connectivity index (χ4v) is 1.39. The zero-order chi connectivity index (χ0) is 9.84. The van der Waals surface area contributed by atoms with Gasteiger partial charge in [-0.05, 0) is 24.1 Å². The lowest BCUT2D eigenvalue weighted by atomic mass is 10.1. The molecule has 70 valence electrons. The number of carbonyl (C=O) groups is 1. The molecule has 0 bridgehead atoms. The summed E-state index contributed by atoms with van der Waals surface area (Å²) in [6.07, 6.45) is 0.947. The van der Waals surface area contributed by atoms with Gasteiger partial charge in [0.25, 0.3) is 0 Å². The van der Waals surface area contributed by atoms with Crippen molar-refractivity contribution in [3.05, 3.63) is 35.4 Å². The molecule has 0 heterocycles. The third-order valence-corrected chi connectivity index (χ3v) is 3.03.